The summed E-state index contributed by atoms with van der Waals surface area (Å²) >= 11 is 0. The molecule has 0 aliphatic carbocycles. The highest BCUT2D eigenvalue weighted by Gasteiger charge is 2.14. The molecular formula is C15H18F2N2O. The molecule has 0 atom stereocenters. The first kappa shape index (κ1) is 14.7. The van der Waals surface area contributed by atoms with Crippen LogP contribution in [0.4, 0.5) is 8.78 Å². The first-order valence-electron chi connectivity index (χ1n) is 6.71. The van der Waals surface area contributed by atoms with E-state index in [9.17, 15) is 13.6 Å². The standard InChI is InChI=1S/C15H18F2N2O/c1-11(13-4-3-12(16)10-14(13)17)9-15(20)19-7-2-5-18-6-8-19/h3-4,9-10,18H,2,5-8H2,1H3/b11-9+. The lowest BCUT2D eigenvalue weighted by Crippen LogP contribution is -2.33. The summed E-state index contributed by atoms with van der Waals surface area (Å²) in [7, 11) is 0. The van der Waals surface area contributed by atoms with Gasteiger partial charge in [-0.2, -0.15) is 0 Å². The Labute approximate surface area is 117 Å². The molecule has 1 saturated heterocycles. The van der Waals surface area contributed by atoms with Gasteiger partial charge in [-0.3, -0.25) is 4.79 Å². The van der Waals surface area contributed by atoms with Gasteiger partial charge in [-0.25, -0.2) is 8.78 Å². The third-order valence-corrected chi connectivity index (χ3v) is 3.35. The minimum Gasteiger partial charge on any atom is -0.338 e. The van der Waals surface area contributed by atoms with Gasteiger partial charge in [0.1, 0.15) is 11.6 Å². The first-order chi connectivity index (χ1) is 9.58. The number of hydrogen-bond acceptors (Lipinski definition) is 2. The molecule has 1 fully saturated rings. The van der Waals surface area contributed by atoms with Gasteiger partial charge in [0.25, 0.3) is 0 Å². The number of allylic oxidation sites excluding steroid dienone is 1. The van der Waals surface area contributed by atoms with Crippen molar-refractivity contribution in [1.29, 1.82) is 0 Å². The maximum atomic E-state index is 13.6. The average molecular weight is 280 g/mol. The summed E-state index contributed by atoms with van der Waals surface area (Å²) in [4.78, 5) is 13.9. The Morgan fingerprint density at radius 1 is 1.30 bits per heavy atom. The molecular weight excluding hydrogens is 262 g/mol. The van der Waals surface area contributed by atoms with Crippen LogP contribution in [0.1, 0.15) is 18.9 Å². The zero-order chi connectivity index (χ0) is 14.5. The number of benzene rings is 1. The largest absolute Gasteiger partial charge is 0.338 e. The Balaban J connectivity index is 2.14. The molecule has 0 bridgehead atoms. The number of hydrogen-bond donors (Lipinski definition) is 1. The molecule has 1 aliphatic rings. The fourth-order valence-electron chi connectivity index (χ4n) is 2.23. The summed E-state index contributed by atoms with van der Waals surface area (Å²) in [6.45, 7) is 4.67. The summed E-state index contributed by atoms with van der Waals surface area (Å²) in [5.41, 5.74) is 0.761. The fraction of sp³-hybridized carbons (Fsp3) is 0.400. The van der Waals surface area contributed by atoms with E-state index in [2.05, 4.69) is 5.32 Å². The van der Waals surface area contributed by atoms with Gasteiger partial charge in [0, 0.05) is 37.3 Å². The molecule has 1 amide bonds. The van der Waals surface area contributed by atoms with Crippen molar-refractivity contribution >= 4 is 11.5 Å². The second-order valence-electron chi connectivity index (χ2n) is 4.88. The number of rotatable bonds is 2. The number of nitrogens with zero attached hydrogens (tertiary/aromatic N) is 1. The van der Waals surface area contributed by atoms with E-state index in [0.29, 0.717) is 18.7 Å². The quantitative estimate of drug-likeness (QED) is 0.842. The van der Waals surface area contributed by atoms with E-state index in [1.54, 1.807) is 11.8 Å². The van der Waals surface area contributed by atoms with Crippen LogP contribution in [0.15, 0.2) is 24.3 Å². The predicted molar refractivity (Wildman–Crippen MR) is 74.1 cm³/mol. The molecule has 0 aromatic heterocycles. The van der Waals surface area contributed by atoms with Crippen molar-refractivity contribution in [3.8, 4) is 0 Å². The van der Waals surface area contributed by atoms with Crippen LogP contribution in [-0.2, 0) is 4.79 Å². The van der Waals surface area contributed by atoms with Crippen LogP contribution >= 0.6 is 0 Å². The van der Waals surface area contributed by atoms with Gasteiger partial charge in [-0.15, -0.1) is 0 Å². The zero-order valence-electron chi connectivity index (χ0n) is 11.5. The van der Waals surface area contributed by atoms with E-state index < -0.39 is 11.6 Å². The van der Waals surface area contributed by atoms with Crippen molar-refractivity contribution in [3.05, 3.63) is 41.5 Å². The van der Waals surface area contributed by atoms with E-state index >= 15 is 0 Å². The van der Waals surface area contributed by atoms with Crippen LogP contribution in [0.25, 0.3) is 5.57 Å². The minimum atomic E-state index is -0.649. The Morgan fingerprint density at radius 2 is 2.10 bits per heavy atom. The topological polar surface area (TPSA) is 32.3 Å². The molecule has 0 saturated carbocycles. The van der Waals surface area contributed by atoms with Crippen LogP contribution in [0, 0.1) is 11.6 Å². The number of carbonyl (C=O) groups is 1. The van der Waals surface area contributed by atoms with Gasteiger partial charge in [0.05, 0.1) is 0 Å². The van der Waals surface area contributed by atoms with Gasteiger partial charge in [0.15, 0.2) is 0 Å². The second-order valence-corrected chi connectivity index (χ2v) is 4.88. The minimum absolute atomic E-state index is 0.130. The van der Waals surface area contributed by atoms with E-state index in [-0.39, 0.29) is 11.5 Å². The van der Waals surface area contributed by atoms with Crippen molar-refractivity contribution < 1.29 is 13.6 Å². The Morgan fingerprint density at radius 3 is 2.85 bits per heavy atom. The third-order valence-electron chi connectivity index (χ3n) is 3.35. The smallest absolute Gasteiger partial charge is 0.246 e. The van der Waals surface area contributed by atoms with Gasteiger partial charge < -0.3 is 10.2 Å². The van der Waals surface area contributed by atoms with Crippen LogP contribution < -0.4 is 5.32 Å². The molecule has 108 valence electrons. The summed E-state index contributed by atoms with van der Waals surface area (Å²) in [5.74, 6) is -1.40. The van der Waals surface area contributed by atoms with Crippen molar-refractivity contribution in [1.82, 2.24) is 10.2 Å². The summed E-state index contributed by atoms with van der Waals surface area (Å²) < 4.78 is 26.5. The molecule has 0 radical (unpaired) electrons. The van der Waals surface area contributed by atoms with Crippen molar-refractivity contribution in [2.24, 2.45) is 0 Å². The molecule has 0 spiro atoms. The highest BCUT2D eigenvalue weighted by atomic mass is 19.1. The average Bonchev–Trinajstić information content (AvgIpc) is 2.67. The maximum Gasteiger partial charge on any atom is 0.246 e. The van der Waals surface area contributed by atoms with Crippen LogP contribution in [0.3, 0.4) is 0 Å². The van der Waals surface area contributed by atoms with Crippen molar-refractivity contribution in [2.45, 2.75) is 13.3 Å². The third kappa shape index (κ3) is 3.63. The number of carbonyl (C=O) groups excluding carboxylic acids is 1. The van der Waals surface area contributed by atoms with Crippen molar-refractivity contribution in [2.75, 3.05) is 26.2 Å². The molecule has 1 N–H and O–H groups in total. The molecule has 1 aromatic rings. The number of nitrogens with one attached hydrogen (secondary N) is 1. The summed E-state index contributed by atoms with van der Waals surface area (Å²) in [6, 6.07) is 3.37. The summed E-state index contributed by atoms with van der Waals surface area (Å²) in [6.07, 6.45) is 2.32. The number of halogens is 2. The molecule has 5 heteroatoms. The highest BCUT2D eigenvalue weighted by molar-refractivity contribution is 5.94. The van der Waals surface area contributed by atoms with Gasteiger partial charge >= 0.3 is 0 Å². The van der Waals surface area contributed by atoms with E-state index in [1.807, 2.05) is 0 Å². The lowest BCUT2D eigenvalue weighted by molar-refractivity contribution is -0.125. The molecule has 20 heavy (non-hydrogen) atoms. The molecule has 0 unspecified atom stereocenters. The molecule has 3 nitrogen and oxygen atoms in total. The second kappa shape index (κ2) is 6.61. The normalized spacial score (nSPS) is 16.9. The van der Waals surface area contributed by atoms with Crippen LogP contribution in [0.5, 0.6) is 0 Å². The fourth-order valence-corrected chi connectivity index (χ4v) is 2.23. The van der Waals surface area contributed by atoms with E-state index in [1.165, 1.54) is 18.2 Å². The molecule has 1 aromatic carbocycles. The Bertz CT molecular complexity index is 521. The van der Waals surface area contributed by atoms with Crippen molar-refractivity contribution in [3.63, 3.8) is 0 Å². The highest BCUT2D eigenvalue weighted by Crippen LogP contribution is 2.19. The molecule has 2 rings (SSSR count). The van der Waals surface area contributed by atoms with E-state index in [0.717, 1.165) is 25.6 Å². The first-order valence-corrected chi connectivity index (χ1v) is 6.71. The predicted octanol–water partition coefficient (Wildman–Crippen LogP) is 2.19. The van der Waals surface area contributed by atoms with Crippen LogP contribution in [0.2, 0.25) is 0 Å². The van der Waals surface area contributed by atoms with Crippen LogP contribution in [-0.4, -0.2) is 37.0 Å². The van der Waals surface area contributed by atoms with Gasteiger partial charge in [-0.1, -0.05) is 0 Å². The monoisotopic (exact) mass is 280 g/mol. The summed E-state index contributed by atoms with van der Waals surface area (Å²) in [5, 5.41) is 3.22. The van der Waals surface area contributed by atoms with Gasteiger partial charge in [0.2, 0.25) is 5.91 Å². The van der Waals surface area contributed by atoms with Gasteiger partial charge in [-0.05, 0) is 37.6 Å². The van der Waals surface area contributed by atoms with E-state index in [4.69, 9.17) is 0 Å². The molecule has 1 heterocycles. The number of amides is 1. The SMILES string of the molecule is C/C(=C\C(=O)N1CCCNCC1)c1ccc(F)cc1F. The zero-order valence-corrected chi connectivity index (χ0v) is 11.5. The Kier molecular flexibility index (Phi) is 4.84. The lowest BCUT2D eigenvalue weighted by atomic mass is 10.1. The lowest BCUT2D eigenvalue weighted by Gasteiger charge is -2.18. The maximum absolute atomic E-state index is 13.6. The molecule has 1 aliphatic heterocycles. The Hall–Kier alpha value is -1.75.